The fraction of sp³-hybridized carbons (Fsp3) is 0.267. The molecule has 0 saturated carbocycles. The Labute approximate surface area is 105 Å². The Hall–Kier alpha value is -1.87. The first kappa shape index (κ1) is 10.1. The molecular formula is C15H15N3. The Morgan fingerprint density at radius 3 is 3.06 bits per heavy atom. The van der Waals surface area contributed by atoms with Gasteiger partial charge in [0.1, 0.15) is 5.65 Å². The van der Waals surface area contributed by atoms with Crippen molar-refractivity contribution in [2.24, 2.45) is 0 Å². The molecule has 18 heavy (non-hydrogen) atoms. The van der Waals surface area contributed by atoms with Gasteiger partial charge < -0.3 is 10.3 Å². The van der Waals surface area contributed by atoms with Crippen LogP contribution in [0, 0.1) is 0 Å². The number of H-pyrrole nitrogens is 1. The first-order valence-electron chi connectivity index (χ1n) is 6.49. The summed E-state index contributed by atoms with van der Waals surface area (Å²) in [6.45, 7) is 2.24. The zero-order chi connectivity index (χ0) is 11.9. The minimum Gasteiger partial charge on any atom is -0.339 e. The number of nitrogens with zero attached hydrogens (tertiary/aromatic N) is 1. The van der Waals surface area contributed by atoms with E-state index in [-0.39, 0.29) is 0 Å². The van der Waals surface area contributed by atoms with Crippen LogP contribution in [0.4, 0.5) is 0 Å². The Balaban J connectivity index is 1.94. The number of pyridine rings is 1. The Morgan fingerprint density at radius 1 is 1.17 bits per heavy atom. The number of hydrogen-bond acceptors (Lipinski definition) is 2. The number of aromatic amines is 1. The first-order chi connectivity index (χ1) is 8.92. The van der Waals surface area contributed by atoms with E-state index in [2.05, 4.69) is 39.6 Å². The van der Waals surface area contributed by atoms with Crippen molar-refractivity contribution >= 4 is 21.9 Å². The molecule has 0 aliphatic carbocycles. The molecule has 3 aromatic rings. The van der Waals surface area contributed by atoms with Crippen LogP contribution in [0.3, 0.4) is 0 Å². The van der Waals surface area contributed by atoms with E-state index < -0.39 is 0 Å². The molecule has 0 spiro atoms. The van der Waals surface area contributed by atoms with E-state index >= 15 is 0 Å². The van der Waals surface area contributed by atoms with Gasteiger partial charge in [-0.2, -0.15) is 0 Å². The van der Waals surface area contributed by atoms with Gasteiger partial charge in [-0.15, -0.1) is 0 Å². The molecule has 0 radical (unpaired) electrons. The highest BCUT2D eigenvalue weighted by atomic mass is 14.9. The number of fused-ring (bicyclic) bond motifs is 3. The highest BCUT2D eigenvalue weighted by Gasteiger charge is 2.17. The van der Waals surface area contributed by atoms with Crippen LogP contribution in [-0.2, 0) is 0 Å². The van der Waals surface area contributed by atoms with Crippen molar-refractivity contribution in [2.75, 3.05) is 13.1 Å². The summed E-state index contributed by atoms with van der Waals surface area (Å²) in [6, 6.07) is 10.9. The molecular weight excluding hydrogens is 222 g/mol. The smallest absolute Gasteiger partial charge is 0.138 e. The minimum atomic E-state index is 0.663. The fourth-order valence-corrected chi connectivity index (χ4v) is 2.94. The molecule has 3 nitrogen and oxygen atoms in total. The molecule has 1 aromatic carbocycles. The van der Waals surface area contributed by atoms with Crippen molar-refractivity contribution < 1.29 is 0 Å². The van der Waals surface area contributed by atoms with Crippen molar-refractivity contribution in [3.8, 4) is 0 Å². The van der Waals surface area contributed by atoms with Gasteiger partial charge in [0.25, 0.3) is 0 Å². The number of benzene rings is 1. The van der Waals surface area contributed by atoms with E-state index in [1.807, 2.05) is 12.3 Å². The molecule has 1 aliphatic heterocycles. The van der Waals surface area contributed by atoms with E-state index in [1.54, 1.807) is 0 Å². The largest absolute Gasteiger partial charge is 0.339 e. The maximum atomic E-state index is 4.38. The molecule has 1 unspecified atom stereocenters. The van der Waals surface area contributed by atoms with Crippen molar-refractivity contribution in [3.63, 3.8) is 0 Å². The van der Waals surface area contributed by atoms with Crippen LogP contribution >= 0.6 is 0 Å². The second kappa shape index (κ2) is 3.82. The molecule has 2 aromatic heterocycles. The lowest BCUT2D eigenvalue weighted by atomic mass is 9.97. The first-order valence-corrected chi connectivity index (χ1v) is 6.49. The van der Waals surface area contributed by atoms with Gasteiger partial charge in [0.2, 0.25) is 0 Å². The molecule has 4 rings (SSSR count). The molecule has 90 valence electrons. The van der Waals surface area contributed by atoms with Gasteiger partial charge in [-0.1, -0.05) is 6.07 Å². The van der Waals surface area contributed by atoms with Crippen LogP contribution in [0.5, 0.6) is 0 Å². The van der Waals surface area contributed by atoms with Crippen LogP contribution in [0.2, 0.25) is 0 Å². The summed E-state index contributed by atoms with van der Waals surface area (Å²) in [6.07, 6.45) is 3.08. The van der Waals surface area contributed by atoms with Gasteiger partial charge in [0.05, 0.1) is 0 Å². The van der Waals surface area contributed by atoms with E-state index in [0.29, 0.717) is 5.92 Å². The lowest BCUT2D eigenvalue weighted by Crippen LogP contribution is -2.07. The highest BCUT2D eigenvalue weighted by molar-refractivity contribution is 6.05. The maximum Gasteiger partial charge on any atom is 0.138 e. The summed E-state index contributed by atoms with van der Waals surface area (Å²) in [5, 5.41) is 5.95. The molecule has 2 N–H and O–H groups in total. The molecule has 3 heterocycles. The topological polar surface area (TPSA) is 40.7 Å². The van der Waals surface area contributed by atoms with Crippen molar-refractivity contribution in [1.29, 1.82) is 0 Å². The van der Waals surface area contributed by atoms with E-state index in [4.69, 9.17) is 0 Å². The summed E-state index contributed by atoms with van der Waals surface area (Å²) >= 11 is 0. The number of aromatic nitrogens is 2. The Morgan fingerprint density at radius 2 is 2.17 bits per heavy atom. The molecule has 1 saturated heterocycles. The van der Waals surface area contributed by atoms with Gasteiger partial charge >= 0.3 is 0 Å². The van der Waals surface area contributed by atoms with Crippen molar-refractivity contribution in [3.05, 3.63) is 42.1 Å². The maximum absolute atomic E-state index is 4.38. The Bertz CT molecular complexity index is 708. The average molecular weight is 237 g/mol. The highest BCUT2D eigenvalue weighted by Crippen LogP contribution is 2.29. The molecule has 0 bridgehead atoms. The number of nitrogens with one attached hydrogen (secondary N) is 2. The third-order valence-electron chi connectivity index (χ3n) is 3.93. The lowest BCUT2D eigenvalue weighted by Gasteiger charge is -2.08. The van der Waals surface area contributed by atoms with Gasteiger partial charge in [0, 0.05) is 29.0 Å². The van der Waals surface area contributed by atoms with Gasteiger partial charge in [-0.25, -0.2) is 4.98 Å². The Kier molecular flexibility index (Phi) is 2.14. The standard InChI is InChI=1S/C15H15N3/c1-2-12-13-8-10(11-5-7-16-9-11)3-4-14(13)18-15(12)17-6-1/h1-4,6,8,11,16H,5,7,9H2,(H,17,18). The third kappa shape index (κ3) is 1.44. The van der Waals surface area contributed by atoms with Crippen LogP contribution < -0.4 is 5.32 Å². The zero-order valence-corrected chi connectivity index (χ0v) is 10.1. The summed E-state index contributed by atoms with van der Waals surface area (Å²) in [5.41, 5.74) is 3.60. The molecule has 0 amide bonds. The monoisotopic (exact) mass is 237 g/mol. The predicted molar refractivity (Wildman–Crippen MR) is 73.8 cm³/mol. The SMILES string of the molecule is c1cnc2[nH]c3ccc(C4CCNC4)cc3c2c1. The van der Waals surface area contributed by atoms with E-state index in [9.17, 15) is 0 Å². The average Bonchev–Trinajstić information content (AvgIpc) is 3.05. The minimum absolute atomic E-state index is 0.663. The van der Waals surface area contributed by atoms with Crippen molar-refractivity contribution in [1.82, 2.24) is 15.3 Å². The summed E-state index contributed by atoms with van der Waals surface area (Å²) in [4.78, 5) is 7.75. The summed E-state index contributed by atoms with van der Waals surface area (Å²) < 4.78 is 0. The number of rotatable bonds is 1. The van der Waals surface area contributed by atoms with E-state index in [1.165, 1.54) is 28.3 Å². The second-order valence-electron chi connectivity index (χ2n) is 5.02. The zero-order valence-electron chi connectivity index (χ0n) is 10.1. The molecule has 1 fully saturated rings. The molecule has 3 heteroatoms. The third-order valence-corrected chi connectivity index (χ3v) is 3.93. The van der Waals surface area contributed by atoms with Gasteiger partial charge in [-0.3, -0.25) is 0 Å². The molecule has 1 atom stereocenters. The molecule has 1 aliphatic rings. The van der Waals surface area contributed by atoms with Crippen molar-refractivity contribution in [2.45, 2.75) is 12.3 Å². The second-order valence-corrected chi connectivity index (χ2v) is 5.02. The lowest BCUT2D eigenvalue weighted by molar-refractivity contribution is 0.765. The van der Waals surface area contributed by atoms with Crippen LogP contribution in [0.25, 0.3) is 21.9 Å². The van der Waals surface area contributed by atoms with Gasteiger partial charge in [0.15, 0.2) is 0 Å². The predicted octanol–water partition coefficient (Wildman–Crippen LogP) is 2.79. The summed E-state index contributed by atoms with van der Waals surface area (Å²) in [5.74, 6) is 0.663. The summed E-state index contributed by atoms with van der Waals surface area (Å²) in [7, 11) is 0. The number of hydrogen-bond donors (Lipinski definition) is 2. The van der Waals surface area contributed by atoms with Gasteiger partial charge in [-0.05, 0) is 48.7 Å². The normalized spacial score (nSPS) is 19.9. The van der Waals surface area contributed by atoms with Crippen LogP contribution in [0.15, 0.2) is 36.5 Å². The quantitative estimate of drug-likeness (QED) is 0.683. The van der Waals surface area contributed by atoms with Crippen LogP contribution in [-0.4, -0.2) is 23.1 Å². The fourth-order valence-electron chi connectivity index (χ4n) is 2.94. The van der Waals surface area contributed by atoms with Crippen LogP contribution in [0.1, 0.15) is 17.9 Å². The van der Waals surface area contributed by atoms with E-state index in [0.717, 1.165) is 18.7 Å².